The van der Waals surface area contributed by atoms with Crippen LogP contribution in [0.5, 0.6) is 0 Å². The molecule has 0 saturated carbocycles. The van der Waals surface area contributed by atoms with Gasteiger partial charge in [-0.2, -0.15) is 0 Å². The Balaban J connectivity index is 2.34. The molecule has 0 aliphatic carbocycles. The van der Waals surface area contributed by atoms with Crippen molar-refractivity contribution in [1.29, 1.82) is 0 Å². The van der Waals surface area contributed by atoms with E-state index >= 15 is 0 Å². The summed E-state index contributed by atoms with van der Waals surface area (Å²) in [6.45, 7) is 14.4. The minimum Gasteiger partial charge on any atom is -0.308 e. The molecule has 0 atom stereocenters. The van der Waals surface area contributed by atoms with Gasteiger partial charge in [-0.25, -0.2) is 8.42 Å². The van der Waals surface area contributed by atoms with Gasteiger partial charge in [-0.1, -0.05) is 64.4 Å². The first-order valence-corrected chi connectivity index (χ1v) is 12.6. The van der Waals surface area contributed by atoms with Crippen LogP contribution in [-0.2, 0) is 15.4 Å². The maximum absolute atomic E-state index is 13.2. The molecule has 0 bridgehead atoms. The molecule has 1 heterocycles. The van der Waals surface area contributed by atoms with Gasteiger partial charge in [0.1, 0.15) is 5.82 Å². The van der Waals surface area contributed by atoms with E-state index in [2.05, 4.69) is 47.2 Å². The third-order valence-corrected chi connectivity index (χ3v) is 6.88. The van der Waals surface area contributed by atoms with Crippen LogP contribution < -0.4 is 4.72 Å². The Morgan fingerprint density at radius 2 is 1.59 bits per heavy atom. The van der Waals surface area contributed by atoms with Gasteiger partial charge in [-0.15, -0.1) is 10.2 Å². The lowest BCUT2D eigenvalue weighted by molar-refractivity contribution is 0.551. The first-order chi connectivity index (χ1) is 14.8. The minimum absolute atomic E-state index is 0.0720. The number of aromatic nitrogens is 3. The number of halogens is 1. The van der Waals surface area contributed by atoms with Crippen molar-refractivity contribution < 1.29 is 8.42 Å². The van der Waals surface area contributed by atoms with Crippen LogP contribution in [-0.4, -0.2) is 23.2 Å². The number of nitrogens with zero attached hydrogens (tertiary/aromatic N) is 3. The van der Waals surface area contributed by atoms with Crippen LogP contribution in [0, 0.1) is 0 Å². The van der Waals surface area contributed by atoms with E-state index in [1.165, 1.54) is 0 Å². The topological polar surface area (TPSA) is 76.9 Å². The summed E-state index contributed by atoms with van der Waals surface area (Å²) >= 11 is 6.69. The molecule has 2 aromatic carbocycles. The summed E-state index contributed by atoms with van der Waals surface area (Å²) in [6.07, 6.45) is 0. The van der Waals surface area contributed by atoms with Gasteiger partial charge in [0.05, 0.1) is 10.6 Å². The van der Waals surface area contributed by atoms with E-state index in [0.717, 1.165) is 11.4 Å². The highest BCUT2D eigenvalue weighted by atomic mass is 35.5. The van der Waals surface area contributed by atoms with Crippen LogP contribution in [0.15, 0.2) is 47.4 Å². The van der Waals surface area contributed by atoms with Crippen molar-refractivity contribution in [2.24, 2.45) is 0 Å². The van der Waals surface area contributed by atoms with Gasteiger partial charge in [0.15, 0.2) is 5.82 Å². The number of benzene rings is 2. The molecule has 0 spiro atoms. The Bertz CT molecular complexity index is 1210. The highest BCUT2D eigenvalue weighted by Gasteiger charge is 2.30. The van der Waals surface area contributed by atoms with E-state index in [1.54, 1.807) is 42.5 Å². The largest absolute Gasteiger partial charge is 0.308 e. The Kier molecular flexibility index (Phi) is 6.72. The Hall–Kier alpha value is -2.38. The summed E-state index contributed by atoms with van der Waals surface area (Å²) in [5.41, 5.74) is 1.52. The number of hydrogen-bond donors (Lipinski definition) is 1. The van der Waals surface area contributed by atoms with E-state index in [4.69, 9.17) is 11.6 Å². The van der Waals surface area contributed by atoms with Gasteiger partial charge in [-0.3, -0.25) is 4.72 Å². The number of rotatable bonds is 6. The van der Waals surface area contributed by atoms with Gasteiger partial charge in [-0.05, 0) is 49.1 Å². The molecular formula is C24H31ClN4O2S. The zero-order chi connectivity index (χ0) is 23.8. The lowest BCUT2D eigenvalue weighted by atomic mass is 9.82. The maximum Gasteiger partial charge on any atom is 0.261 e. The van der Waals surface area contributed by atoms with Gasteiger partial charge < -0.3 is 4.57 Å². The van der Waals surface area contributed by atoms with E-state index < -0.39 is 10.0 Å². The average Bonchev–Trinajstić information content (AvgIpc) is 3.14. The Labute approximate surface area is 196 Å². The highest BCUT2D eigenvalue weighted by Crippen LogP contribution is 2.43. The van der Waals surface area contributed by atoms with Crippen molar-refractivity contribution in [3.63, 3.8) is 0 Å². The number of anilines is 1. The first kappa shape index (κ1) is 24.3. The van der Waals surface area contributed by atoms with Crippen LogP contribution in [0.25, 0.3) is 11.4 Å². The fraction of sp³-hybridized carbons (Fsp3) is 0.417. The molecular weight excluding hydrogens is 444 g/mol. The molecule has 3 rings (SSSR count). The van der Waals surface area contributed by atoms with Crippen molar-refractivity contribution >= 4 is 27.3 Å². The zero-order valence-electron chi connectivity index (χ0n) is 19.6. The highest BCUT2D eigenvalue weighted by molar-refractivity contribution is 7.92. The van der Waals surface area contributed by atoms with Crippen LogP contribution in [0.3, 0.4) is 0 Å². The molecule has 0 amide bonds. The molecule has 0 aliphatic rings. The van der Waals surface area contributed by atoms with Crippen molar-refractivity contribution in [2.45, 2.75) is 70.7 Å². The molecule has 0 unspecified atom stereocenters. The van der Waals surface area contributed by atoms with Gasteiger partial charge in [0.2, 0.25) is 0 Å². The summed E-state index contributed by atoms with van der Waals surface area (Å²) in [6, 6.07) is 11.8. The summed E-state index contributed by atoms with van der Waals surface area (Å²) in [5, 5.41) is 9.54. The summed E-state index contributed by atoms with van der Waals surface area (Å²) in [5.74, 6) is 1.59. The molecule has 172 valence electrons. The van der Waals surface area contributed by atoms with Gasteiger partial charge in [0, 0.05) is 22.5 Å². The van der Waals surface area contributed by atoms with E-state index in [1.807, 2.05) is 20.8 Å². The summed E-state index contributed by atoms with van der Waals surface area (Å²) in [4.78, 5) is 0.186. The normalized spacial score (nSPS) is 12.6. The predicted octanol–water partition coefficient (Wildman–Crippen LogP) is 6.40. The number of nitrogens with one attached hydrogen (secondary N) is 1. The molecule has 1 N–H and O–H groups in total. The van der Waals surface area contributed by atoms with Crippen molar-refractivity contribution in [3.05, 3.63) is 58.9 Å². The van der Waals surface area contributed by atoms with Crippen molar-refractivity contribution in [2.75, 3.05) is 4.72 Å². The Morgan fingerprint density at radius 3 is 2.12 bits per heavy atom. The summed E-state index contributed by atoms with van der Waals surface area (Å²) < 4.78 is 31.2. The predicted molar refractivity (Wildman–Crippen MR) is 131 cm³/mol. The van der Waals surface area contributed by atoms with Crippen LogP contribution in [0.2, 0.25) is 5.02 Å². The summed E-state index contributed by atoms with van der Waals surface area (Å²) in [7, 11) is -3.81. The van der Waals surface area contributed by atoms with Crippen LogP contribution in [0.4, 0.5) is 5.69 Å². The Morgan fingerprint density at radius 1 is 0.969 bits per heavy atom. The molecule has 1 aromatic heterocycles. The molecule has 0 aliphatic heterocycles. The minimum atomic E-state index is -3.81. The molecule has 0 fully saturated rings. The van der Waals surface area contributed by atoms with Crippen molar-refractivity contribution in [3.8, 4) is 11.4 Å². The smallest absolute Gasteiger partial charge is 0.261 e. The zero-order valence-corrected chi connectivity index (χ0v) is 21.2. The quantitative estimate of drug-likeness (QED) is 0.448. The van der Waals surface area contributed by atoms with E-state index in [-0.39, 0.29) is 22.3 Å². The second-order valence-corrected chi connectivity index (χ2v) is 11.6. The SMILES string of the molecule is CC(C)c1nnc(-c2c(NS(=O)(=O)c3ccccc3)ccc(Cl)c2C(C)(C)C)n1C(C)C. The number of sulfonamides is 1. The second-order valence-electron chi connectivity index (χ2n) is 9.51. The maximum atomic E-state index is 13.2. The van der Waals surface area contributed by atoms with Crippen LogP contribution >= 0.6 is 11.6 Å². The van der Waals surface area contributed by atoms with Crippen LogP contribution in [0.1, 0.15) is 71.8 Å². The molecule has 0 saturated heterocycles. The van der Waals surface area contributed by atoms with E-state index in [9.17, 15) is 8.42 Å². The molecule has 8 heteroatoms. The van der Waals surface area contributed by atoms with Gasteiger partial charge in [0.25, 0.3) is 10.0 Å². The third kappa shape index (κ3) is 4.69. The third-order valence-electron chi connectivity index (χ3n) is 5.18. The van der Waals surface area contributed by atoms with Crippen molar-refractivity contribution in [1.82, 2.24) is 14.8 Å². The molecule has 0 radical (unpaired) electrons. The molecule has 32 heavy (non-hydrogen) atoms. The monoisotopic (exact) mass is 474 g/mol. The molecule has 3 aromatic rings. The fourth-order valence-electron chi connectivity index (χ4n) is 3.81. The van der Waals surface area contributed by atoms with Gasteiger partial charge >= 0.3 is 0 Å². The number of hydrogen-bond acceptors (Lipinski definition) is 4. The average molecular weight is 475 g/mol. The van der Waals surface area contributed by atoms with E-state index in [0.29, 0.717) is 22.1 Å². The lowest BCUT2D eigenvalue weighted by Crippen LogP contribution is -2.20. The standard InChI is InChI=1S/C24H31ClN4O2S/c1-15(2)22-26-27-23(29(22)16(3)4)20-19(14-13-18(25)21(20)24(5,6)7)28-32(30,31)17-11-9-8-10-12-17/h8-16,28H,1-7H3. The second kappa shape index (κ2) is 8.87. The fourth-order valence-corrected chi connectivity index (χ4v) is 5.34. The first-order valence-electron chi connectivity index (χ1n) is 10.7. The lowest BCUT2D eigenvalue weighted by Gasteiger charge is -2.27. The molecule has 6 nitrogen and oxygen atoms in total.